The SMILES string of the molecule is CC[C@H](C)[C@@H]([C@@H](CC(=O)N1CCC[C@H]1[C@H](OC)[C@@H](C)C(=O)C[C@H](C)[C@@H](O)c1ccccc1)OC)N(C)C(=O)[C@@H](NC(=O)[C@H](C(C)C)N(C)C(=O)COCCOCCOCCOCCN=[N+]=[N-])C(C)C. The molecule has 1 aliphatic heterocycles. The molecule has 69 heavy (non-hydrogen) atoms. The molecule has 0 radical (unpaired) electrons. The van der Waals surface area contributed by atoms with E-state index in [1.165, 1.54) is 12.0 Å². The fourth-order valence-corrected chi connectivity index (χ4v) is 9.06. The van der Waals surface area contributed by atoms with Crippen LogP contribution in [0.3, 0.4) is 0 Å². The fraction of sp³-hybridized carbons (Fsp3) is 0.780. The second kappa shape index (κ2) is 32.6. The number of benzene rings is 1. The first-order chi connectivity index (χ1) is 32.9. The van der Waals surface area contributed by atoms with Crippen molar-refractivity contribution in [2.45, 2.75) is 130 Å². The van der Waals surface area contributed by atoms with Gasteiger partial charge in [0.25, 0.3) is 0 Å². The zero-order valence-corrected chi connectivity index (χ0v) is 43.5. The number of nitrogens with one attached hydrogen (secondary N) is 1. The summed E-state index contributed by atoms with van der Waals surface area (Å²) in [5, 5.41) is 17.3. The van der Waals surface area contributed by atoms with Crippen molar-refractivity contribution in [3.05, 3.63) is 46.3 Å². The Morgan fingerprint density at radius 2 is 1.42 bits per heavy atom. The molecule has 4 amide bonds. The second-order valence-corrected chi connectivity index (χ2v) is 18.9. The third kappa shape index (κ3) is 19.5. The minimum Gasteiger partial charge on any atom is -0.388 e. The zero-order valence-electron chi connectivity index (χ0n) is 43.5. The standard InChI is InChI=1S/C50H85N7O12/c1-13-35(6)46(41(64-11)31-42(59)57-22-17-20-39(57)48(65-12)37(8)40(58)30-36(7)47(61)38-18-15-14-16-19-38)56(10)50(63)44(33(2)3)53-49(62)45(34(4)5)55(9)43(60)32-69-29-28-68-27-26-67-25-24-66-23-21-52-54-51/h14-16,18-19,33-37,39,41,44-48,61H,13,17,20-32H2,1-12H3,(H,53,62)/t35-,36-,37-,39-,41+,44-,45-,46-,47+,48+/m0/s1. The summed E-state index contributed by atoms with van der Waals surface area (Å²) >= 11 is 0. The van der Waals surface area contributed by atoms with Crippen LogP contribution in [-0.2, 0) is 52.4 Å². The van der Waals surface area contributed by atoms with Crippen LogP contribution in [0, 0.1) is 29.6 Å². The van der Waals surface area contributed by atoms with Crippen molar-refractivity contribution in [1.82, 2.24) is 20.0 Å². The average Bonchev–Trinajstić information content (AvgIpc) is 3.82. The van der Waals surface area contributed by atoms with Crippen LogP contribution in [0.1, 0.15) is 99.2 Å². The van der Waals surface area contributed by atoms with Crippen LogP contribution in [0.2, 0.25) is 0 Å². The number of aliphatic hydroxyl groups excluding tert-OH is 1. The van der Waals surface area contributed by atoms with Gasteiger partial charge in [-0.15, -0.1) is 0 Å². The Kier molecular flexibility index (Phi) is 28.8. The summed E-state index contributed by atoms with van der Waals surface area (Å²) in [6.07, 6.45) is 0.127. The molecule has 1 aromatic rings. The van der Waals surface area contributed by atoms with Gasteiger partial charge in [0.2, 0.25) is 23.6 Å². The van der Waals surface area contributed by atoms with Gasteiger partial charge in [-0.1, -0.05) is 97.3 Å². The Morgan fingerprint density at radius 3 is 1.96 bits per heavy atom. The largest absolute Gasteiger partial charge is 0.388 e. The lowest BCUT2D eigenvalue weighted by atomic mass is 9.85. The predicted octanol–water partition coefficient (Wildman–Crippen LogP) is 5.24. The number of carbonyl (C=O) groups excluding carboxylic acids is 5. The summed E-state index contributed by atoms with van der Waals surface area (Å²) in [4.78, 5) is 77.4. The molecule has 2 N–H and O–H groups in total. The molecule has 1 heterocycles. The third-order valence-electron chi connectivity index (χ3n) is 13.2. The first-order valence-corrected chi connectivity index (χ1v) is 24.6. The molecule has 0 unspecified atom stereocenters. The van der Waals surface area contributed by atoms with Crippen molar-refractivity contribution in [2.24, 2.45) is 34.7 Å². The monoisotopic (exact) mass is 976 g/mol. The molecule has 19 nitrogen and oxygen atoms in total. The molecule has 1 aromatic carbocycles. The van der Waals surface area contributed by atoms with Crippen LogP contribution in [0.25, 0.3) is 10.4 Å². The average molecular weight is 976 g/mol. The predicted molar refractivity (Wildman–Crippen MR) is 262 cm³/mol. The van der Waals surface area contributed by atoms with E-state index in [0.29, 0.717) is 52.4 Å². The van der Waals surface area contributed by atoms with E-state index in [4.69, 9.17) is 34.0 Å². The Bertz CT molecular complexity index is 1730. The molecule has 10 atom stereocenters. The smallest absolute Gasteiger partial charge is 0.249 e. The number of rotatable bonds is 35. The lowest BCUT2D eigenvalue weighted by Gasteiger charge is -2.41. The normalized spacial score (nSPS) is 17.8. The maximum atomic E-state index is 14.6. The Labute approximate surface area is 411 Å². The van der Waals surface area contributed by atoms with E-state index in [9.17, 15) is 29.1 Å². The van der Waals surface area contributed by atoms with E-state index in [1.807, 2.05) is 85.7 Å². The van der Waals surface area contributed by atoms with Gasteiger partial charge in [0.05, 0.1) is 83.1 Å². The van der Waals surface area contributed by atoms with Gasteiger partial charge >= 0.3 is 0 Å². The van der Waals surface area contributed by atoms with Gasteiger partial charge in [0.1, 0.15) is 24.5 Å². The lowest BCUT2D eigenvalue weighted by molar-refractivity contribution is -0.149. The summed E-state index contributed by atoms with van der Waals surface area (Å²) in [6, 6.07) is 6.51. The summed E-state index contributed by atoms with van der Waals surface area (Å²) < 4.78 is 33.8. The molecule has 1 saturated heterocycles. The molecule has 0 bridgehead atoms. The summed E-state index contributed by atoms with van der Waals surface area (Å²) in [5.74, 6) is -3.07. The number of carbonyl (C=O) groups is 5. The van der Waals surface area contributed by atoms with Crippen molar-refractivity contribution in [2.75, 3.05) is 94.3 Å². The quantitative estimate of drug-likeness (QED) is 0.0385. The van der Waals surface area contributed by atoms with Crippen molar-refractivity contribution in [1.29, 1.82) is 0 Å². The summed E-state index contributed by atoms with van der Waals surface area (Å²) in [5.41, 5.74) is 9.02. The minimum atomic E-state index is -0.956. The van der Waals surface area contributed by atoms with Crippen LogP contribution in [0.4, 0.5) is 0 Å². The number of ether oxygens (including phenoxy) is 6. The fourth-order valence-electron chi connectivity index (χ4n) is 9.06. The maximum absolute atomic E-state index is 14.6. The molecule has 0 aromatic heterocycles. The van der Waals surface area contributed by atoms with Crippen LogP contribution >= 0.6 is 0 Å². The van der Waals surface area contributed by atoms with Crippen molar-refractivity contribution >= 4 is 29.4 Å². The number of nitrogens with zero attached hydrogens (tertiary/aromatic N) is 6. The van der Waals surface area contributed by atoms with E-state index in [-0.39, 0.29) is 86.5 Å². The molecule has 2 rings (SSSR count). The first kappa shape index (κ1) is 60.9. The number of methoxy groups -OCH3 is 2. The Morgan fingerprint density at radius 1 is 0.826 bits per heavy atom. The summed E-state index contributed by atoms with van der Waals surface area (Å²) in [6.45, 7) is 17.6. The highest BCUT2D eigenvalue weighted by Crippen LogP contribution is 2.32. The molecular weight excluding hydrogens is 891 g/mol. The molecule has 1 fully saturated rings. The molecule has 0 aliphatic carbocycles. The van der Waals surface area contributed by atoms with E-state index in [0.717, 1.165) is 12.0 Å². The van der Waals surface area contributed by atoms with E-state index >= 15 is 0 Å². The molecule has 0 saturated carbocycles. The minimum absolute atomic E-state index is 0.0265. The van der Waals surface area contributed by atoms with Gasteiger partial charge in [-0.2, -0.15) is 0 Å². The van der Waals surface area contributed by atoms with Crippen LogP contribution in [-0.4, -0.2) is 180 Å². The number of ketones is 1. The lowest BCUT2D eigenvalue weighted by Crippen LogP contribution is -2.60. The van der Waals surface area contributed by atoms with Crippen molar-refractivity contribution < 1.29 is 57.5 Å². The first-order valence-electron chi connectivity index (χ1n) is 24.6. The zero-order chi connectivity index (χ0) is 51.6. The van der Waals surface area contributed by atoms with Crippen LogP contribution in [0.15, 0.2) is 35.4 Å². The number of hydrogen-bond acceptors (Lipinski definition) is 13. The number of azide groups is 1. The number of aliphatic hydroxyl groups is 1. The van der Waals surface area contributed by atoms with Gasteiger partial charge in [-0.3, -0.25) is 24.0 Å². The molecule has 0 spiro atoms. The summed E-state index contributed by atoms with van der Waals surface area (Å²) in [7, 11) is 6.31. The number of likely N-dealkylation sites (N-methyl/N-ethyl adjacent to an activating group) is 2. The second-order valence-electron chi connectivity index (χ2n) is 18.9. The van der Waals surface area contributed by atoms with Crippen molar-refractivity contribution in [3.63, 3.8) is 0 Å². The molecule has 19 heteroatoms. The van der Waals surface area contributed by atoms with Gasteiger partial charge in [-0.05, 0) is 47.6 Å². The molecular formula is C50H85N7O12. The van der Waals surface area contributed by atoms with Crippen molar-refractivity contribution in [3.8, 4) is 0 Å². The van der Waals surface area contributed by atoms with Gasteiger partial charge < -0.3 is 53.5 Å². The highest BCUT2D eigenvalue weighted by atomic mass is 16.6. The number of amides is 4. The van der Waals surface area contributed by atoms with Crippen LogP contribution < -0.4 is 5.32 Å². The number of Topliss-reactive ketones (excluding diaryl/α,β-unsaturated/α-hetero) is 1. The molecule has 392 valence electrons. The van der Waals surface area contributed by atoms with Gasteiger partial charge in [0, 0.05) is 58.7 Å². The topological polar surface area (TPSA) is 231 Å². The van der Waals surface area contributed by atoms with E-state index in [1.54, 1.807) is 31.0 Å². The van der Waals surface area contributed by atoms with Gasteiger partial charge in [-0.25, -0.2) is 0 Å². The Hall–Kier alpha value is -4.20. The van der Waals surface area contributed by atoms with E-state index in [2.05, 4.69) is 15.3 Å². The maximum Gasteiger partial charge on any atom is 0.249 e. The van der Waals surface area contributed by atoms with Crippen LogP contribution in [0.5, 0.6) is 0 Å². The third-order valence-corrected chi connectivity index (χ3v) is 13.2. The Balaban J connectivity index is 2.08. The number of likely N-dealkylation sites (tertiary alicyclic amines) is 1. The highest BCUT2D eigenvalue weighted by molar-refractivity contribution is 5.92. The van der Waals surface area contributed by atoms with Gasteiger partial charge in [0.15, 0.2) is 0 Å². The number of hydrogen-bond donors (Lipinski definition) is 2. The molecule has 1 aliphatic rings. The van der Waals surface area contributed by atoms with E-state index < -0.39 is 54.2 Å². The highest BCUT2D eigenvalue weighted by Gasteiger charge is 2.43.